The predicted octanol–water partition coefficient (Wildman–Crippen LogP) is 22.4. The standard InChI is InChI=1S/C86H50N6O/c87-51-53-16-13-17-55(44-53)54-32-37-63(38-33-54)91-80-31-15-26-65(57-35-41-78-72(45-57)66-23-7-10-28-75(66)89(78)61-19-3-1-4-20-61)84(80)70-40-34-56(48-81(70)91)60-47-71(58-36-42-79-73(46-58)67-24-8-11-29-76(67)90(79)62-21-5-2-6-22-62)85-69-25-9-12-30-77(69)92(82(85)49-60)64-39-43-83-74(50-64)68-27-14-18-59(52-88)86(68)93-83/h1-50H. The Balaban J connectivity index is 0.872. The van der Waals surface area contributed by atoms with Crippen molar-refractivity contribution < 1.29 is 4.42 Å². The molecule has 0 aliphatic carbocycles. The van der Waals surface area contributed by atoms with Crippen LogP contribution in [0.15, 0.2) is 308 Å². The summed E-state index contributed by atoms with van der Waals surface area (Å²) in [6, 6.07) is 114. The summed E-state index contributed by atoms with van der Waals surface area (Å²) in [5, 5.41) is 31.2. The summed E-state index contributed by atoms with van der Waals surface area (Å²) in [7, 11) is 0. The van der Waals surface area contributed by atoms with Gasteiger partial charge in [0.25, 0.3) is 0 Å². The lowest BCUT2D eigenvalue weighted by atomic mass is 9.93. The number of nitrogens with zero attached hydrogens (tertiary/aromatic N) is 6. The van der Waals surface area contributed by atoms with Crippen LogP contribution in [0.5, 0.6) is 0 Å². The molecule has 19 aromatic rings. The number of fused-ring (bicyclic) bond motifs is 15. The highest BCUT2D eigenvalue weighted by atomic mass is 16.3. The largest absolute Gasteiger partial charge is 0.455 e. The molecule has 5 heterocycles. The van der Waals surface area contributed by atoms with Crippen LogP contribution in [0.2, 0.25) is 0 Å². The number of nitriles is 2. The van der Waals surface area contributed by atoms with Crippen molar-refractivity contribution >= 4 is 109 Å². The first-order valence-electron chi connectivity index (χ1n) is 31.3. The van der Waals surface area contributed by atoms with Crippen molar-refractivity contribution in [3.8, 4) is 79.4 Å². The Bertz CT molecular complexity index is 6440. The van der Waals surface area contributed by atoms with E-state index >= 15 is 0 Å². The second-order valence-corrected chi connectivity index (χ2v) is 24.2. The number of rotatable bonds is 8. The molecule has 0 saturated heterocycles. The van der Waals surface area contributed by atoms with Crippen LogP contribution in [0.3, 0.4) is 0 Å². The molecule has 0 N–H and O–H groups in total. The molecule has 0 aliphatic heterocycles. The van der Waals surface area contributed by atoms with E-state index in [1.54, 1.807) is 0 Å². The molecule has 5 aromatic heterocycles. The molecule has 7 heteroatoms. The van der Waals surface area contributed by atoms with Gasteiger partial charge in [-0.3, -0.25) is 0 Å². The number of furan rings is 1. The van der Waals surface area contributed by atoms with Crippen molar-refractivity contribution in [3.05, 3.63) is 314 Å². The molecular weight excluding hydrogens is 1130 g/mol. The minimum absolute atomic E-state index is 0.511. The SMILES string of the molecule is N#Cc1cccc(-c2ccc(-n3c4cc(-c5cc(-c6ccc7c(c6)c6ccccc6n7-c6ccccc6)c6c7ccccc7n(-c7ccc8oc9c(C#N)cccc9c8c7)c6c5)ccc4c4c(-c5ccc6c(c5)c5ccccc5n6-c5ccccc5)cccc43)cc2)c1. The van der Waals surface area contributed by atoms with Crippen LogP contribution in [0, 0.1) is 22.7 Å². The van der Waals surface area contributed by atoms with E-state index in [1.165, 1.54) is 32.4 Å². The van der Waals surface area contributed by atoms with Crippen molar-refractivity contribution in [1.82, 2.24) is 18.3 Å². The molecule has 0 atom stereocenters. The van der Waals surface area contributed by atoms with Gasteiger partial charge in [-0.1, -0.05) is 164 Å². The first-order chi connectivity index (χ1) is 46.0. The number of benzene rings is 14. The zero-order valence-corrected chi connectivity index (χ0v) is 50.0. The van der Waals surface area contributed by atoms with Crippen LogP contribution in [-0.4, -0.2) is 18.3 Å². The van der Waals surface area contributed by atoms with Gasteiger partial charge in [-0.05, 0) is 184 Å². The van der Waals surface area contributed by atoms with Gasteiger partial charge in [0.1, 0.15) is 11.7 Å². The van der Waals surface area contributed by atoms with Crippen LogP contribution < -0.4 is 0 Å². The van der Waals surface area contributed by atoms with Gasteiger partial charge in [0.15, 0.2) is 5.58 Å². The smallest absolute Gasteiger partial charge is 0.153 e. The van der Waals surface area contributed by atoms with E-state index in [9.17, 15) is 10.5 Å². The Morgan fingerprint density at radius 3 is 1.43 bits per heavy atom. The molecule has 0 saturated carbocycles. The number of para-hydroxylation sites is 6. The Labute approximate surface area is 533 Å². The van der Waals surface area contributed by atoms with Crippen LogP contribution in [-0.2, 0) is 0 Å². The summed E-state index contributed by atoms with van der Waals surface area (Å²) in [5.74, 6) is 0. The Kier molecular flexibility index (Phi) is 11.4. The molecule has 0 spiro atoms. The Morgan fingerprint density at radius 2 is 0.742 bits per heavy atom. The van der Waals surface area contributed by atoms with E-state index in [2.05, 4.69) is 291 Å². The molecule has 0 bridgehead atoms. The van der Waals surface area contributed by atoms with Gasteiger partial charge in [0.05, 0.1) is 61.3 Å². The number of aromatic nitrogens is 4. The third kappa shape index (κ3) is 7.88. The summed E-state index contributed by atoms with van der Waals surface area (Å²) < 4.78 is 16.0. The monoisotopic (exact) mass is 1180 g/mol. The maximum absolute atomic E-state index is 10.2. The molecule has 14 aromatic carbocycles. The molecule has 19 rings (SSSR count). The van der Waals surface area contributed by atoms with E-state index in [0.717, 1.165) is 138 Å². The second kappa shape index (κ2) is 20.3. The summed E-state index contributed by atoms with van der Waals surface area (Å²) in [6.07, 6.45) is 0. The zero-order chi connectivity index (χ0) is 61.4. The van der Waals surface area contributed by atoms with Gasteiger partial charge in [-0.15, -0.1) is 0 Å². The normalized spacial score (nSPS) is 11.8. The quantitative estimate of drug-likeness (QED) is 0.152. The molecular formula is C86H50N6O. The van der Waals surface area contributed by atoms with E-state index in [1.807, 2.05) is 42.5 Å². The summed E-state index contributed by atoms with van der Waals surface area (Å²) in [4.78, 5) is 0. The van der Waals surface area contributed by atoms with Crippen LogP contribution in [0.1, 0.15) is 11.1 Å². The summed E-state index contributed by atoms with van der Waals surface area (Å²) >= 11 is 0. The number of hydrogen-bond donors (Lipinski definition) is 0. The fourth-order valence-electron chi connectivity index (χ4n) is 15.1. The molecule has 0 radical (unpaired) electrons. The average Bonchev–Trinajstić information content (AvgIpc) is 1.63. The van der Waals surface area contributed by atoms with Crippen molar-refractivity contribution in [3.63, 3.8) is 0 Å². The van der Waals surface area contributed by atoms with E-state index < -0.39 is 0 Å². The molecule has 0 aliphatic rings. The highest BCUT2D eigenvalue weighted by Gasteiger charge is 2.24. The van der Waals surface area contributed by atoms with Crippen LogP contribution >= 0.6 is 0 Å². The van der Waals surface area contributed by atoms with Gasteiger partial charge < -0.3 is 22.7 Å². The highest BCUT2D eigenvalue weighted by Crippen LogP contribution is 2.47. The average molecular weight is 1180 g/mol. The lowest BCUT2D eigenvalue weighted by Crippen LogP contribution is -1.95. The van der Waals surface area contributed by atoms with E-state index in [4.69, 9.17) is 4.42 Å². The second-order valence-electron chi connectivity index (χ2n) is 24.2. The van der Waals surface area contributed by atoms with Crippen molar-refractivity contribution in [1.29, 1.82) is 10.5 Å². The third-order valence-corrected chi connectivity index (χ3v) is 19.2. The van der Waals surface area contributed by atoms with Crippen LogP contribution in [0.4, 0.5) is 0 Å². The van der Waals surface area contributed by atoms with Gasteiger partial charge in [-0.25, -0.2) is 0 Å². The zero-order valence-electron chi connectivity index (χ0n) is 50.0. The van der Waals surface area contributed by atoms with Crippen LogP contribution in [0.25, 0.3) is 176 Å². The maximum Gasteiger partial charge on any atom is 0.153 e. The fraction of sp³-hybridized carbons (Fsp3) is 0. The molecule has 0 unspecified atom stereocenters. The molecule has 0 fully saturated rings. The van der Waals surface area contributed by atoms with Gasteiger partial charge >= 0.3 is 0 Å². The van der Waals surface area contributed by atoms with Crippen molar-refractivity contribution in [2.45, 2.75) is 0 Å². The Morgan fingerprint density at radius 1 is 0.247 bits per heavy atom. The van der Waals surface area contributed by atoms with Crippen molar-refractivity contribution in [2.24, 2.45) is 0 Å². The Hall–Kier alpha value is -12.9. The molecule has 0 amide bonds. The van der Waals surface area contributed by atoms with Gasteiger partial charge in [0, 0.05) is 76.6 Å². The molecule has 93 heavy (non-hydrogen) atoms. The number of hydrogen-bond acceptors (Lipinski definition) is 3. The minimum atomic E-state index is 0.511. The van der Waals surface area contributed by atoms with Crippen molar-refractivity contribution in [2.75, 3.05) is 0 Å². The maximum atomic E-state index is 10.2. The minimum Gasteiger partial charge on any atom is -0.455 e. The lowest BCUT2D eigenvalue weighted by molar-refractivity contribution is 0.667. The topological polar surface area (TPSA) is 80.4 Å². The van der Waals surface area contributed by atoms with Gasteiger partial charge in [-0.2, -0.15) is 10.5 Å². The first kappa shape index (κ1) is 52.0. The predicted molar refractivity (Wildman–Crippen MR) is 382 cm³/mol. The molecule has 430 valence electrons. The van der Waals surface area contributed by atoms with E-state index in [-0.39, 0.29) is 0 Å². The van der Waals surface area contributed by atoms with Gasteiger partial charge in [0.2, 0.25) is 0 Å². The summed E-state index contributed by atoms with van der Waals surface area (Å²) in [5.41, 5.74) is 24.3. The first-order valence-corrected chi connectivity index (χ1v) is 31.3. The summed E-state index contributed by atoms with van der Waals surface area (Å²) in [6.45, 7) is 0. The lowest BCUT2D eigenvalue weighted by Gasteiger charge is -2.14. The fourth-order valence-corrected chi connectivity index (χ4v) is 15.1. The third-order valence-electron chi connectivity index (χ3n) is 19.2. The highest BCUT2D eigenvalue weighted by molar-refractivity contribution is 6.21. The molecule has 7 nitrogen and oxygen atoms in total. The van der Waals surface area contributed by atoms with E-state index in [0.29, 0.717) is 16.7 Å².